The largest absolute Gasteiger partial charge is 0.462 e. The fourth-order valence-electron chi connectivity index (χ4n) is 5.83. The molecular formula is C62H86O29. The molecule has 0 aliphatic heterocycles. The van der Waals surface area contributed by atoms with Crippen LogP contribution in [0.5, 0.6) is 0 Å². The topological polar surface area (TPSA) is 387 Å². The van der Waals surface area contributed by atoms with E-state index in [0.717, 1.165) is 66.8 Å². The zero-order valence-corrected chi connectivity index (χ0v) is 51.3. The minimum atomic E-state index is -1.44. The molecule has 0 aromatic carbocycles. The van der Waals surface area contributed by atoms with Gasteiger partial charge in [-0.3, -0.25) is 0 Å². The van der Waals surface area contributed by atoms with E-state index in [9.17, 15) is 68.1 Å². The van der Waals surface area contributed by atoms with Crippen LogP contribution in [0.1, 0.15) is 19.3 Å². The van der Waals surface area contributed by atoms with Gasteiger partial charge in [0.25, 0.3) is 0 Å². The summed E-state index contributed by atoms with van der Waals surface area (Å²) in [7, 11) is 0. The van der Waals surface area contributed by atoms with Crippen LogP contribution in [0.15, 0.2) is 139 Å². The molecule has 0 saturated carbocycles. The predicted molar refractivity (Wildman–Crippen MR) is 321 cm³/mol. The van der Waals surface area contributed by atoms with Crippen LogP contribution in [-0.4, -0.2) is 226 Å². The van der Waals surface area contributed by atoms with Gasteiger partial charge in [-0.2, -0.15) is 0 Å². The minimum Gasteiger partial charge on any atom is -0.462 e. The van der Waals surface area contributed by atoms with Gasteiger partial charge in [0.1, 0.15) is 52.9 Å². The highest BCUT2D eigenvalue weighted by atomic mass is 16.6. The van der Waals surface area contributed by atoms with Crippen molar-refractivity contribution in [3.63, 3.8) is 0 Å². The Balaban J connectivity index is -0.00000132. The van der Waals surface area contributed by atoms with Crippen LogP contribution < -0.4 is 0 Å². The third-order valence-corrected chi connectivity index (χ3v) is 11.1. The third-order valence-electron chi connectivity index (χ3n) is 11.1. The zero-order chi connectivity index (χ0) is 69.4. The van der Waals surface area contributed by atoms with E-state index < -0.39 is 134 Å². The van der Waals surface area contributed by atoms with Gasteiger partial charge < -0.3 is 86.4 Å². The number of esters is 11. The molecule has 0 amide bonds. The molecule has 0 saturated heterocycles. The lowest BCUT2D eigenvalue weighted by molar-refractivity contribution is -0.168. The number of carbonyl (C=O) groups excluding carboxylic acids is 11. The van der Waals surface area contributed by atoms with Gasteiger partial charge in [0.15, 0.2) is 0 Å². The van der Waals surface area contributed by atoms with E-state index in [4.69, 9.17) is 71.1 Å². The average molecular weight is 1300 g/mol. The summed E-state index contributed by atoms with van der Waals surface area (Å²) in [6.07, 6.45) is 12.0. The summed E-state index contributed by atoms with van der Waals surface area (Å²) >= 11 is 0. The molecule has 0 spiro atoms. The zero-order valence-electron chi connectivity index (χ0n) is 51.3. The number of aliphatic hydroxyl groups excluding tert-OH is 3. The first-order valence-electron chi connectivity index (χ1n) is 27.2. The normalized spacial score (nSPS) is 10.6. The van der Waals surface area contributed by atoms with Crippen LogP contribution in [0.3, 0.4) is 0 Å². The number of ether oxygens (including phenoxy) is 15. The Morgan fingerprint density at radius 3 is 0.571 bits per heavy atom. The summed E-state index contributed by atoms with van der Waals surface area (Å²) in [5.74, 6) is -7.71. The van der Waals surface area contributed by atoms with Crippen molar-refractivity contribution in [3.8, 4) is 0 Å². The maximum Gasteiger partial charge on any atom is 0.330 e. The molecule has 29 nitrogen and oxygen atoms in total. The molecule has 0 atom stereocenters. The van der Waals surface area contributed by atoms with Gasteiger partial charge in [0, 0.05) is 106 Å². The lowest BCUT2D eigenvalue weighted by atomic mass is 9.90. The van der Waals surface area contributed by atoms with Gasteiger partial charge in [-0.25, -0.2) is 52.7 Å². The standard InChI is InChI=1S/C25H32O12.C23H36O10.C14H18O7/c1-6-19(27)33-14-24(11-26,15-34-20(28)7-2)12-32-13-25(16-35-21(29)8-3,17-36-22(30)9-4)18-37-23(31)10-5;1-4-20(25)31-13-7-10-28-17-23(16-24,18-29-11-8-14-32-21(26)5-2)19-30-12-9-15-33-22(27)6-3;1-4-11(16)19-8-14(7-15,9-20-12(17)5-2)10-21-13(18)6-3/h6-10,26H,1-5,11-18H2;4-6,24H,1-3,7-19H2;4-6,15H,1-3,7-10H2. The number of hydrogen-bond donors (Lipinski definition) is 3. The van der Waals surface area contributed by atoms with Crippen LogP contribution in [0.2, 0.25) is 0 Å². The second-order valence-electron chi connectivity index (χ2n) is 18.8. The van der Waals surface area contributed by atoms with Crippen molar-refractivity contribution in [1.82, 2.24) is 0 Å². The monoisotopic (exact) mass is 1290 g/mol. The Bertz CT molecular complexity index is 2180. The summed E-state index contributed by atoms with van der Waals surface area (Å²) in [6.45, 7) is 32.6. The van der Waals surface area contributed by atoms with Crippen LogP contribution in [0.25, 0.3) is 0 Å². The fraction of sp³-hybridized carbons (Fsp3) is 0.468. The van der Waals surface area contributed by atoms with Crippen LogP contribution in [-0.2, 0) is 124 Å². The molecule has 508 valence electrons. The first kappa shape index (κ1) is 86.2. The van der Waals surface area contributed by atoms with Gasteiger partial charge in [-0.1, -0.05) is 72.4 Å². The van der Waals surface area contributed by atoms with Gasteiger partial charge in [0.2, 0.25) is 0 Å². The molecule has 0 rings (SSSR count). The highest BCUT2D eigenvalue weighted by Gasteiger charge is 2.40. The number of rotatable bonds is 52. The van der Waals surface area contributed by atoms with Crippen molar-refractivity contribution in [1.29, 1.82) is 0 Å². The van der Waals surface area contributed by atoms with Crippen molar-refractivity contribution in [2.75, 3.05) is 145 Å². The van der Waals surface area contributed by atoms with Crippen molar-refractivity contribution in [3.05, 3.63) is 139 Å². The van der Waals surface area contributed by atoms with E-state index in [-0.39, 0.29) is 79.3 Å². The summed E-state index contributed by atoms with van der Waals surface area (Å²) < 4.78 is 77.2. The molecular weight excluding hydrogens is 1210 g/mol. The predicted octanol–water partition coefficient (Wildman–Crippen LogP) is 2.14. The summed E-state index contributed by atoms with van der Waals surface area (Å²) in [5, 5.41) is 29.5. The summed E-state index contributed by atoms with van der Waals surface area (Å²) in [6, 6.07) is 0. The maximum absolute atomic E-state index is 11.7. The minimum absolute atomic E-state index is 0.149. The lowest BCUT2D eigenvalue weighted by Crippen LogP contribution is -2.46. The quantitative estimate of drug-likeness (QED) is 0.0340. The molecule has 3 N–H and O–H groups in total. The van der Waals surface area contributed by atoms with E-state index >= 15 is 0 Å². The summed E-state index contributed by atoms with van der Waals surface area (Å²) in [5.41, 5.74) is -4.98. The smallest absolute Gasteiger partial charge is 0.330 e. The Morgan fingerprint density at radius 1 is 0.220 bits per heavy atom. The second-order valence-corrected chi connectivity index (χ2v) is 18.8. The van der Waals surface area contributed by atoms with Crippen molar-refractivity contribution in [2.24, 2.45) is 21.7 Å². The summed E-state index contributed by atoms with van der Waals surface area (Å²) in [4.78, 5) is 125. The van der Waals surface area contributed by atoms with Gasteiger partial charge in [0.05, 0.1) is 94.3 Å². The highest BCUT2D eigenvalue weighted by molar-refractivity contribution is 5.84. The van der Waals surface area contributed by atoms with Crippen LogP contribution in [0.4, 0.5) is 0 Å². The first-order chi connectivity index (χ1) is 43.4. The molecule has 0 bridgehead atoms. The van der Waals surface area contributed by atoms with Crippen LogP contribution in [0, 0.1) is 21.7 Å². The van der Waals surface area contributed by atoms with Crippen molar-refractivity contribution >= 4 is 65.7 Å². The van der Waals surface area contributed by atoms with Crippen molar-refractivity contribution in [2.45, 2.75) is 19.3 Å². The van der Waals surface area contributed by atoms with E-state index in [0.29, 0.717) is 39.1 Å². The first-order valence-corrected chi connectivity index (χ1v) is 27.2. The van der Waals surface area contributed by atoms with Gasteiger partial charge >= 0.3 is 65.7 Å². The van der Waals surface area contributed by atoms with Gasteiger partial charge in [-0.15, -0.1) is 0 Å². The van der Waals surface area contributed by atoms with E-state index in [1.807, 2.05) is 0 Å². The Hall–Kier alpha value is -8.97. The van der Waals surface area contributed by atoms with Crippen molar-refractivity contribution < 1.29 is 139 Å². The molecule has 0 unspecified atom stereocenters. The lowest BCUT2D eigenvalue weighted by Gasteiger charge is -2.34. The highest BCUT2D eigenvalue weighted by Crippen LogP contribution is 2.26. The molecule has 0 aromatic rings. The van der Waals surface area contributed by atoms with Gasteiger partial charge in [-0.05, 0) is 0 Å². The number of aliphatic hydroxyl groups is 3. The van der Waals surface area contributed by atoms with E-state index in [1.54, 1.807) is 0 Å². The second kappa shape index (κ2) is 52.9. The molecule has 0 aromatic heterocycles. The number of hydrogen-bond acceptors (Lipinski definition) is 29. The molecule has 0 aliphatic carbocycles. The van der Waals surface area contributed by atoms with E-state index in [2.05, 4.69) is 72.4 Å². The molecule has 0 aliphatic rings. The molecule has 0 heterocycles. The molecule has 29 heteroatoms. The Labute approximate surface area is 528 Å². The maximum atomic E-state index is 11.7. The van der Waals surface area contributed by atoms with Crippen LogP contribution >= 0.6 is 0 Å². The SMILES string of the molecule is C=CC(=O)OCC(CO)(COC(=O)C=C)COC(=O)C=C.C=CC(=O)OCC(CO)(COCC(COC(=O)C=C)(COC(=O)C=C)COC(=O)C=C)COC(=O)C=C.C=CC(=O)OCCCOCC(CO)(COCCCOC(=O)C=C)COCCCOC(=O)C=C. The Kier molecular flexibility index (Phi) is 50.1. The number of carbonyl (C=O) groups is 11. The fourth-order valence-corrected chi connectivity index (χ4v) is 5.83. The molecule has 0 radical (unpaired) electrons. The Morgan fingerprint density at radius 2 is 0.374 bits per heavy atom. The average Bonchev–Trinajstić information content (AvgIpc) is 1.58. The molecule has 91 heavy (non-hydrogen) atoms. The molecule has 0 fully saturated rings. The van der Waals surface area contributed by atoms with E-state index in [1.165, 1.54) is 0 Å². The third kappa shape index (κ3) is 43.4.